The van der Waals surface area contributed by atoms with Gasteiger partial charge in [-0.25, -0.2) is 10.2 Å². The Labute approximate surface area is 150 Å². The number of hydrazone groups is 1. The summed E-state index contributed by atoms with van der Waals surface area (Å²) in [6, 6.07) is 13.3. The number of carboxylic acid groups (broad SMARTS) is 1. The molecule has 134 valence electrons. The maximum absolute atomic E-state index is 12.0. The molecule has 0 atom stereocenters. The van der Waals surface area contributed by atoms with Crippen molar-refractivity contribution in [3.05, 3.63) is 72.3 Å². The predicted molar refractivity (Wildman–Crippen MR) is 96.8 cm³/mol. The normalized spacial score (nSPS) is 10.3. The largest absolute Gasteiger partial charge is 0.490 e. The summed E-state index contributed by atoms with van der Waals surface area (Å²) in [6.45, 7) is 3.56. The second-order valence-electron chi connectivity index (χ2n) is 5.07. The van der Waals surface area contributed by atoms with Gasteiger partial charge in [0, 0.05) is 5.56 Å². The van der Waals surface area contributed by atoms with Gasteiger partial charge in [0.05, 0.1) is 6.21 Å². The third-order valence-corrected chi connectivity index (χ3v) is 3.11. The molecule has 7 nitrogen and oxygen atoms in total. The number of hydrogen-bond acceptors (Lipinski definition) is 5. The van der Waals surface area contributed by atoms with Crippen molar-refractivity contribution in [2.75, 3.05) is 13.2 Å². The number of aliphatic carboxylic acids is 1. The number of carbonyl (C=O) groups excluding carboxylic acids is 1. The molecule has 2 aromatic rings. The van der Waals surface area contributed by atoms with Crippen LogP contribution in [0.5, 0.6) is 11.5 Å². The van der Waals surface area contributed by atoms with Crippen molar-refractivity contribution in [2.24, 2.45) is 5.10 Å². The number of rotatable bonds is 9. The fraction of sp³-hybridized carbons (Fsp3) is 0.105. The van der Waals surface area contributed by atoms with E-state index in [0.717, 1.165) is 5.56 Å². The fourth-order valence-corrected chi connectivity index (χ4v) is 1.88. The molecule has 0 bridgehead atoms. The smallest absolute Gasteiger partial charge is 0.341 e. The summed E-state index contributed by atoms with van der Waals surface area (Å²) in [5.41, 5.74) is 3.60. The Bertz CT molecular complexity index is 783. The second kappa shape index (κ2) is 9.63. The Morgan fingerprint density at radius 2 is 1.65 bits per heavy atom. The van der Waals surface area contributed by atoms with Gasteiger partial charge in [0.15, 0.2) is 6.61 Å². The lowest BCUT2D eigenvalue weighted by molar-refractivity contribution is -0.139. The summed E-state index contributed by atoms with van der Waals surface area (Å²) < 4.78 is 10.4. The predicted octanol–water partition coefficient (Wildman–Crippen LogP) is 2.48. The quantitative estimate of drug-likeness (QED) is 0.410. The molecule has 2 N–H and O–H groups in total. The van der Waals surface area contributed by atoms with Crippen LogP contribution in [0.4, 0.5) is 0 Å². The first-order chi connectivity index (χ1) is 12.6. The van der Waals surface area contributed by atoms with Gasteiger partial charge >= 0.3 is 5.97 Å². The van der Waals surface area contributed by atoms with E-state index >= 15 is 0 Å². The molecule has 0 saturated carbocycles. The number of amides is 1. The van der Waals surface area contributed by atoms with E-state index in [1.807, 2.05) is 0 Å². The summed E-state index contributed by atoms with van der Waals surface area (Å²) >= 11 is 0. The molecule has 0 aliphatic rings. The highest BCUT2D eigenvalue weighted by Gasteiger charge is 2.04. The number of nitrogens with zero attached hydrogens (tertiary/aromatic N) is 1. The average Bonchev–Trinajstić information content (AvgIpc) is 2.66. The third-order valence-electron chi connectivity index (χ3n) is 3.11. The summed E-state index contributed by atoms with van der Waals surface area (Å²) in [6.07, 6.45) is 3.11. The van der Waals surface area contributed by atoms with Crippen molar-refractivity contribution in [3.8, 4) is 11.5 Å². The van der Waals surface area contributed by atoms with Crippen LogP contribution in [0.3, 0.4) is 0 Å². The molecule has 7 heteroatoms. The van der Waals surface area contributed by atoms with E-state index in [2.05, 4.69) is 17.1 Å². The van der Waals surface area contributed by atoms with Crippen LogP contribution >= 0.6 is 0 Å². The van der Waals surface area contributed by atoms with Crippen LogP contribution in [-0.2, 0) is 4.79 Å². The topological polar surface area (TPSA) is 97.2 Å². The molecular weight excluding hydrogens is 336 g/mol. The molecule has 26 heavy (non-hydrogen) atoms. The lowest BCUT2D eigenvalue weighted by Gasteiger charge is -2.04. The van der Waals surface area contributed by atoms with Gasteiger partial charge in [0.1, 0.15) is 18.1 Å². The zero-order valence-corrected chi connectivity index (χ0v) is 13.9. The molecule has 2 rings (SSSR count). The van der Waals surface area contributed by atoms with Gasteiger partial charge in [-0.3, -0.25) is 4.79 Å². The minimum atomic E-state index is -1.04. The zero-order valence-electron chi connectivity index (χ0n) is 13.9. The van der Waals surface area contributed by atoms with E-state index in [-0.39, 0.29) is 5.91 Å². The molecule has 0 aromatic heterocycles. The van der Waals surface area contributed by atoms with Crippen molar-refractivity contribution in [3.63, 3.8) is 0 Å². The van der Waals surface area contributed by atoms with Gasteiger partial charge in [-0.1, -0.05) is 12.7 Å². The van der Waals surface area contributed by atoms with Crippen molar-refractivity contribution >= 4 is 18.1 Å². The Morgan fingerprint density at radius 3 is 2.27 bits per heavy atom. The molecular formula is C19H18N2O5. The maximum atomic E-state index is 12.0. The highest BCUT2D eigenvalue weighted by atomic mass is 16.5. The van der Waals surface area contributed by atoms with Gasteiger partial charge in [-0.2, -0.15) is 5.10 Å². The minimum Gasteiger partial charge on any atom is -0.490 e. The monoisotopic (exact) mass is 354 g/mol. The summed E-state index contributed by atoms with van der Waals surface area (Å²) in [7, 11) is 0. The summed E-state index contributed by atoms with van der Waals surface area (Å²) in [4.78, 5) is 22.4. The molecule has 2 aromatic carbocycles. The lowest BCUT2D eigenvalue weighted by atomic mass is 10.2. The zero-order chi connectivity index (χ0) is 18.8. The van der Waals surface area contributed by atoms with Gasteiger partial charge in [0.2, 0.25) is 0 Å². The highest BCUT2D eigenvalue weighted by Crippen LogP contribution is 2.12. The van der Waals surface area contributed by atoms with Gasteiger partial charge in [0.25, 0.3) is 5.91 Å². The first-order valence-corrected chi connectivity index (χ1v) is 7.70. The molecule has 0 unspecified atom stereocenters. The van der Waals surface area contributed by atoms with Crippen LogP contribution in [0.15, 0.2) is 66.3 Å². The molecule has 0 aliphatic carbocycles. The number of ether oxygens (including phenoxy) is 2. The van der Waals surface area contributed by atoms with E-state index in [4.69, 9.17) is 14.6 Å². The van der Waals surface area contributed by atoms with Crippen LogP contribution in [0.2, 0.25) is 0 Å². The van der Waals surface area contributed by atoms with Crippen LogP contribution in [0, 0.1) is 0 Å². The Kier molecular flexibility index (Phi) is 6.93. The van der Waals surface area contributed by atoms with Crippen molar-refractivity contribution in [1.82, 2.24) is 5.43 Å². The Balaban J connectivity index is 1.86. The van der Waals surface area contributed by atoms with Crippen LogP contribution < -0.4 is 14.9 Å². The molecule has 0 heterocycles. The van der Waals surface area contributed by atoms with E-state index in [1.165, 1.54) is 6.21 Å². The molecule has 0 spiro atoms. The standard InChI is InChI=1S/C19H18N2O5/c1-2-11-25-16-9-5-15(6-10-16)19(24)21-20-12-14-3-7-17(8-4-14)26-13-18(22)23/h2-10,12H,1,11,13H2,(H,21,24)(H,22,23). The number of carbonyl (C=O) groups is 2. The van der Waals surface area contributed by atoms with Crippen molar-refractivity contribution in [2.45, 2.75) is 0 Å². The van der Waals surface area contributed by atoms with Gasteiger partial charge < -0.3 is 14.6 Å². The fourth-order valence-electron chi connectivity index (χ4n) is 1.88. The molecule has 0 aliphatic heterocycles. The average molecular weight is 354 g/mol. The van der Waals surface area contributed by atoms with Crippen molar-refractivity contribution in [1.29, 1.82) is 0 Å². The Hall–Kier alpha value is -3.61. The third kappa shape index (κ3) is 6.12. The molecule has 0 saturated heterocycles. The number of hydrogen-bond donors (Lipinski definition) is 2. The second-order valence-corrected chi connectivity index (χ2v) is 5.07. The number of nitrogens with one attached hydrogen (secondary N) is 1. The number of carboxylic acids is 1. The van der Waals surface area contributed by atoms with E-state index in [0.29, 0.717) is 23.7 Å². The number of benzene rings is 2. The lowest BCUT2D eigenvalue weighted by Crippen LogP contribution is -2.17. The molecule has 1 amide bonds. The van der Waals surface area contributed by atoms with Gasteiger partial charge in [-0.05, 0) is 54.1 Å². The maximum Gasteiger partial charge on any atom is 0.341 e. The first-order valence-electron chi connectivity index (χ1n) is 7.70. The molecule has 0 fully saturated rings. The minimum absolute atomic E-state index is 0.349. The first kappa shape index (κ1) is 18.7. The van der Waals surface area contributed by atoms with Crippen LogP contribution in [0.25, 0.3) is 0 Å². The SMILES string of the molecule is C=CCOc1ccc(C(=O)NN=Cc2ccc(OCC(=O)O)cc2)cc1. The van der Waals surface area contributed by atoms with Crippen LogP contribution in [-0.4, -0.2) is 36.4 Å². The Morgan fingerprint density at radius 1 is 1.04 bits per heavy atom. The van der Waals surface area contributed by atoms with E-state index < -0.39 is 12.6 Å². The highest BCUT2D eigenvalue weighted by molar-refractivity contribution is 5.95. The van der Waals surface area contributed by atoms with Gasteiger partial charge in [-0.15, -0.1) is 0 Å². The molecule has 0 radical (unpaired) electrons. The summed E-state index contributed by atoms with van der Waals surface area (Å²) in [5.74, 6) is -0.306. The summed E-state index contributed by atoms with van der Waals surface area (Å²) in [5, 5.41) is 12.4. The van der Waals surface area contributed by atoms with Crippen LogP contribution in [0.1, 0.15) is 15.9 Å². The van der Waals surface area contributed by atoms with Crippen molar-refractivity contribution < 1.29 is 24.2 Å². The van der Waals surface area contributed by atoms with E-state index in [9.17, 15) is 9.59 Å². The van der Waals surface area contributed by atoms with E-state index in [1.54, 1.807) is 54.6 Å².